The Bertz CT molecular complexity index is 1380. The summed E-state index contributed by atoms with van der Waals surface area (Å²) in [7, 11) is 0. The molecule has 0 heterocycles. The van der Waals surface area contributed by atoms with Crippen LogP contribution in [0, 0.1) is 47.0 Å². The van der Waals surface area contributed by atoms with E-state index < -0.39 is 6.15 Å². The molecule has 0 amide bonds. The zero-order valence-electron chi connectivity index (χ0n) is 26.6. The molecular weight excluding hydrogens is 539 g/mol. The van der Waals surface area contributed by atoms with Crippen LogP contribution in [-0.2, 0) is 25.7 Å². The fourth-order valence-corrected chi connectivity index (χ4v) is 5.22. The Morgan fingerprint density at radius 3 is 0.756 bits per heavy atom. The fraction of sp³-hybridized carbons (Fsp3) is 0.273. The molecule has 0 saturated carbocycles. The smallest absolute Gasteiger partial charge is 0.270 e. The van der Waals surface area contributed by atoms with Crippen molar-refractivity contribution >= 4 is 6.15 Å². The predicted octanol–water partition coefficient (Wildman–Crippen LogP) is 9.70. The van der Waals surface area contributed by atoms with E-state index in [1.165, 1.54) is 22.3 Å². The van der Waals surface area contributed by atoms with Gasteiger partial charge in [-0.2, -0.15) is 0 Å². The maximum Gasteiger partial charge on any atom is 0.271 e. The van der Waals surface area contributed by atoms with E-state index in [2.05, 4.69) is 168 Å². The lowest BCUT2D eigenvalue weighted by Gasteiger charge is -2.16. The standard InChI is InChI=1S/C44H44B/c1-9-25-41(26-10-1)33-17-5-21-37-45(38-22-6-18-34-42-27-11-2-12-28-42,39-23-7-19-35-43-29-13-3-14-30-43)40-24-8-20-36-44-31-15-4-16-32-44/h1-4,9-16,25-32H,5-8,17-20,33-36H2/q-1. The summed E-state index contributed by atoms with van der Waals surface area (Å²) in [6, 6.07) is 42.5. The Labute approximate surface area is 273 Å². The minimum Gasteiger partial charge on any atom is -0.270 e. The molecule has 0 aliphatic carbocycles. The van der Waals surface area contributed by atoms with Crippen LogP contribution in [0.1, 0.15) is 73.6 Å². The van der Waals surface area contributed by atoms with Crippen molar-refractivity contribution in [1.29, 1.82) is 0 Å². The van der Waals surface area contributed by atoms with Gasteiger partial charge in [-0.15, -0.1) is 23.7 Å². The molecule has 45 heavy (non-hydrogen) atoms. The van der Waals surface area contributed by atoms with E-state index in [9.17, 15) is 0 Å². The first-order chi connectivity index (χ1) is 22.3. The van der Waals surface area contributed by atoms with E-state index in [1.54, 1.807) is 0 Å². The van der Waals surface area contributed by atoms with Crippen LogP contribution in [0.4, 0.5) is 0 Å². The van der Waals surface area contributed by atoms with Crippen LogP contribution < -0.4 is 0 Å². The second-order valence-electron chi connectivity index (χ2n) is 11.5. The Balaban J connectivity index is 1.48. The van der Waals surface area contributed by atoms with Crippen molar-refractivity contribution in [3.8, 4) is 47.0 Å². The lowest BCUT2D eigenvalue weighted by Crippen LogP contribution is -2.29. The number of benzene rings is 4. The van der Waals surface area contributed by atoms with Crippen LogP contribution in [-0.4, -0.2) is 6.15 Å². The lowest BCUT2D eigenvalue weighted by molar-refractivity contribution is 0.857. The topological polar surface area (TPSA) is 0 Å². The maximum absolute atomic E-state index is 3.54. The molecule has 0 aliphatic rings. The molecule has 224 valence electrons. The summed E-state index contributed by atoms with van der Waals surface area (Å²) in [6.45, 7) is 0. The van der Waals surface area contributed by atoms with Gasteiger partial charge in [0.25, 0.3) is 6.15 Å². The highest BCUT2D eigenvalue weighted by Gasteiger charge is 2.12. The SMILES string of the molecule is C(#C[B-](C#CCCCc1ccccc1)(C#CCCCc1ccccc1)C#CCCCc1ccccc1)CCCc1ccccc1. The van der Waals surface area contributed by atoms with Gasteiger partial charge in [0.2, 0.25) is 0 Å². The summed E-state index contributed by atoms with van der Waals surface area (Å²) in [5.74, 6) is 28.0. The van der Waals surface area contributed by atoms with Crippen LogP contribution in [0.2, 0.25) is 0 Å². The predicted molar refractivity (Wildman–Crippen MR) is 194 cm³/mol. The first-order valence-electron chi connectivity index (χ1n) is 16.6. The van der Waals surface area contributed by atoms with E-state index in [-0.39, 0.29) is 0 Å². The van der Waals surface area contributed by atoms with Crippen molar-refractivity contribution in [2.45, 2.75) is 77.0 Å². The van der Waals surface area contributed by atoms with E-state index >= 15 is 0 Å². The molecule has 0 unspecified atom stereocenters. The zero-order chi connectivity index (χ0) is 31.1. The molecule has 0 spiro atoms. The maximum atomic E-state index is 3.54. The highest BCUT2D eigenvalue weighted by atomic mass is 14.0. The van der Waals surface area contributed by atoms with Gasteiger partial charge >= 0.3 is 0 Å². The first kappa shape index (κ1) is 33.1. The monoisotopic (exact) mass is 583 g/mol. The molecule has 4 aromatic rings. The van der Waals surface area contributed by atoms with Crippen molar-refractivity contribution in [3.63, 3.8) is 0 Å². The Morgan fingerprint density at radius 1 is 0.311 bits per heavy atom. The molecule has 4 rings (SSSR count). The van der Waals surface area contributed by atoms with E-state index in [4.69, 9.17) is 0 Å². The fourth-order valence-electron chi connectivity index (χ4n) is 5.22. The Kier molecular flexibility index (Phi) is 14.9. The van der Waals surface area contributed by atoms with E-state index in [0.717, 1.165) is 77.0 Å². The zero-order valence-corrected chi connectivity index (χ0v) is 26.6. The average molecular weight is 584 g/mol. The van der Waals surface area contributed by atoms with Crippen LogP contribution in [0.15, 0.2) is 121 Å². The summed E-state index contributed by atoms with van der Waals surface area (Å²) < 4.78 is 0. The lowest BCUT2D eigenvalue weighted by atomic mass is 9.27. The third kappa shape index (κ3) is 13.6. The molecule has 0 saturated heterocycles. The van der Waals surface area contributed by atoms with E-state index in [0.29, 0.717) is 0 Å². The van der Waals surface area contributed by atoms with Crippen molar-refractivity contribution < 1.29 is 0 Å². The molecule has 0 aliphatic heterocycles. The summed E-state index contributed by atoms with van der Waals surface area (Å²) in [6.07, 6.45) is 9.70. The number of hydrogen-bond donors (Lipinski definition) is 0. The third-order valence-electron chi connectivity index (χ3n) is 7.71. The number of aryl methyl sites for hydroxylation is 4. The van der Waals surface area contributed by atoms with Gasteiger partial charge in [-0.25, -0.2) is 0 Å². The quantitative estimate of drug-likeness (QED) is 0.0885. The van der Waals surface area contributed by atoms with Gasteiger partial charge in [-0.3, -0.25) is 23.3 Å². The van der Waals surface area contributed by atoms with Gasteiger partial charge < -0.3 is 0 Å². The van der Waals surface area contributed by atoms with Crippen LogP contribution >= 0.6 is 0 Å². The molecule has 4 aromatic carbocycles. The highest BCUT2D eigenvalue weighted by Crippen LogP contribution is 2.09. The van der Waals surface area contributed by atoms with Gasteiger partial charge in [0.05, 0.1) is 0 Å². The molecule has 0 N–H and O–H groups in total. The van der Waals surface area contributed by atoms with Crippen LogP contribution in [0.3, 0.4) is 0 Å². The van der Waals surface area contributed by atoms with Crippen LogP contribution in [0.5, 0.6) is 0 Å². The minimum absolute atomic E-state index is 0.819. The highest BCUT2D eigenvalue weighted by molar-refractivity contribution is 7.06. The molecule has 0 atom stereocenters. The number of hydrogen-bond acceptors (Lipinski definition) is 0. The Morgan fingerprint density at radius 2 is 0.533 bits per heavy atom. The minimum atomic E-state index is -1.75. The largest absolute Gasteiger partial charge is 0.271 e. The third-order valence-corrected chi connectivity index (χ3v) is 7.71. The van der Waals surface area contributed by atoms with E-state index in [1.807, 2.05) is 0 Å². The number of unbranched alkanes of at least 4 members (excludes halogenated alkanes) is 4. The molecular formula is C44H44B-. The van der Waals surface area contributed by atoms with Crippen molar-refractivity contribution in [3.05, 3.63) is 144 Å². The van der Waals surface area contributed by atoms with Gasteiger partial charge in [-0.1, -0.05) is 121 Å². The molecule has 0 radical (unpaired) electrons. The van der Waals surface area contributed by atoms with Gasteiger partial charge in [-0.05, 0) is 73.6 Å². The molecule has 0 fully saturated rings. The van der Waals surface area contributed by atoms with Crippen molar-refractivity contribution in [2.24, 2.45) is 0 Å². The van der Waals surface area contributed by atoms with Gasteiger partial charge in [0, 0.05) is 25.7 Å². The second kappa shape index (κ2) is 20.2. The van der Waals surface area contributed by atoms with Crippen LogP contribution in [0.25, 0.3) is 0 Å². The number of rotatable bonds is 12. The molecule has 0 aromatic heterocycles. The summed E-state index contributed by atoms with van der Waals surface area (Å²) >= 11 is 0. The normalized spacial score (nSPS) is 10.1. The second-order valence-corrected chi connectivity index (χ2v) is 11.5. The molecule has 0 bridgehead atoms. The average Bonchev–Trinajstić information content (AvgIpc) is 3.09. The summed E-state index contributed by atoms with van der Waals surface area (Å²) in [4.78, 5) is 0. The molecule has 1 heteroatoms. The Hall–Kier alpha value is -4.82. The summed E-state index contributed by atoms with van der Waals surface area (Å²) in [5, 5.41) is 0. The van der Waals surface area contributed by atoms with Crippen molar-refractivity contribution in [1.82, 2.24) is 0 Å². The summed E-state index contributed by atoms with van der Waals surface area (Å²) in [5.41, 5.74) is 5.41. The first-order valence-corrected chi connectivity index (χ1v) is 16.6. The molecule has 0 nitrogen and oxygen atoms in total. The van der Waals surface area contributed by atoms with Crippen molar-refractivity contribution in [2.75, 3.05) is 0 Å². The van der Waals surface area contributed by atoms with Gasteiger partial charge in [0.1, 0.15) is 0 Å². The van der Waals surface area contributed by atoms with Gasteiger partial charge in [0.15, 0.2) is 0 Å².